The highest BCUT2D eigenvalue weighted by Gasteiger charge is 2.40. The summed E-state index contributed by atoms with van der Waals surface area (Å²) >= 11 is 0. The summed E-state index contributed by atoms with van der Waals surface area (Å²) in [5.41, 5.74) is 2.66. The molecule has 6 aliphatic rings. The third kappa shape index (κ3) is 8.69. The van der Waals surface area contributed by atoms with Crippen LogP contribution in [0.3, 0.4) is 0 Å². The topological polar surface area (TPSA) is 172 Å². The monoisotopic (exact) mass is 911 g/mol. The SMILES string of the molecule is CN1CCC(CN2CCN(c3cccc4c3n(C)c(=O)n4C3CCC(=O)NC3=O)CC2)CC1.O=C(Nc1cn(C2CCCCC2)nc1C(F)F)c1cnn2ccc(N3CC4CC3CO4)nc12. The molecule has 20 heteroatoms. The Morgan fingerprint density at radius 1 is 0.955 bits per heavy atom. The van der Waals surface area contributed by atoms with Crippen LogP contribution < -0.4 is 26.1 Å². The molecule has 5 saturated heterocycles. The number of piperidine rings is 2. The molecule has 3 atom stereocenters. The minimum Gasteiger partial charge on any atom is -0.374 e. The number of hydrogen-bond acceptors (Lipinski definition) is 12. The highest BCUT2D eigenvalue weighted by Crippen LogP contribution is 2.35. The molecule has 1 aromatic carbocycles. The number of carbonyl (C=O) groups excluding carboxylic acids is 3. The van der Waals surface area contributed by atoms with Crippen molar-refractivity contribution < 1.29 is 27.9 Å². The standard InChI is InChI=1S/C24H34N6O3.C22H25F2N7O2/c1-26-10-8-17(9-11-26)16-28-12-14-29(15-13-28)18-4-3-5-19-22(18)27(2)24(33)30(19)20-6-7-21(31)25-23(20)32;23-20(24)19-17(11-31(28-19)13-4-2-1-3-5-13)26-22(32)16-9-25-30-7-6-18(27-21(16)30)29-10-15-8-14(29)12-33-15/h3-5,17,20H,6-16H2,1-2H3,(H,25,31,32);6-7,9,11,13-15,20H,1-5,8,10,12H2,(H,26,32). The van der Waals surface area contributed by atoms with Crippen molar-refractivity contribution in [3.05, 3.63) is 64.6 Å². The zero-order valence-electron chi connectivity index (χ0n) is 37.7. The fourth-order valence-electron chi connectivity index (χ4n) is 10.9. The van der Waals surface area contributed by atoms with Crippen LogP contribution in [0.2, 0.25) is 0 Å². The van der Waals surface area contributed by atoms with Crippen LogP contribution in [0.1, 0.15) is 98.8 Å². The molecule has 0 spiro atoms. The summed E-state index contributed by atoms with van der Waals surface area (Å²) in [5, 5.41) is 13.3. The average Bonchev–Trinajstić information content (AvgIpc) is 4.18. The van der Waals surface area contributed by atoms with Gasteiger partial charge < -0.3 is 24.8 Å². The fourth-order valence-corrected chi connectivity index (χ4v) is 10.9. The Bertz CT molecular complexity index is 2650. The summed E-state index contributed by atoms with van der Waals surface area (Å²) in [5.74, 6) is 0.342. The van der Waals surface area contributed by atoms with E-state index in [1.165, 1.54) is 49.4 Å². The molecule has 0 radical (unpaired) electrons. The van der Waals surface area contributed by atoms with E-state index in [2.05, 4.69) is 58.5 Å². The Hall–Kier alpha value is -5.73. The first-order valence-corrected chi connectivity index (χ1v) is 23.6. The highest BCUT2D eigenvalue weighted by molar-refractivity contribution is 6.08. The van der Waals surface area contributed by atoms with Crippen molar-refractivity contribution in [2.75, 3.05) is 81.1 Å². The van der Waals surface area contributed by atoms with Gasteiger partial charge in [-0.15, -0.1) is 0 Å². The Kier molecular flexibility index (Phi) is 12.4. The lowest BCUT2D eigenvalue weighted by Gasteiger charge is -2.39. The number of amides is 3. The number of anilines is 3. The molecule has 1 saturated carbocycles. The van der Waals surface area contributed by atoms with Crippen molar-refractivity contribution in [2.24, 2.45) is 13.0 Å². The number of para-hydroxylation sites is 1. The number of nitrogens with zero attached hydrogens (tertiary/aromatic N) is 11. The van der Waals surface area contributed by atoms with Gasteiger partial charge >= 0.3 is 5.69 Å². The van der Waals surface area contributed by atoms with E-state index < -0.39 is 30.0 Å². The van der Waals surface area contributed by atoms with Gasteiger partial charge in [0.1, 0.15) is 17.4 Å². The number of nitrogens with one attached hydrogen (secondary N) is 2. The van der Waals surface area contributed by atoms with Gasteiger partial charge in [-0.25, -0.2) is 23.1 Å². The number of aryl methyl sites for hydroxylation is 1. The number of fused-ring (bicyclic) bond motifs is 4. The van der Waals surface area contributed by atoms with Gasteiger partial charge in [-0.3, -0.25) is 38.4 Å². The van der Waals surface area contributed by atoms with E-state index in [-0.39, 0.29) is 47.5 Å². The number of morpholine rings is 1. The van der Waals surface area contributed by atoms with Crippen LogP contribution in [0.25, 0.3) is 16.7 Å². The summed E-state index contributed by atoms with van der Waals surface area (Å²) in [6, 6.07) is 7.52. The number of rotatable bonds is 9. The molecule has 18 nitrogen and oxygen atoms in total. The first-order chi connectivity index (χ1) is 32.0. The summed E-state index contributed by atoms with van der Waals surface area (Å²) < 4.78 is 39.3. The lowest BCUT2D eigenvalue weighted by molar-refractivity contribution is -0.135. The molecule has 5 aromatic rings. The number of imide groups is 1. The van der Waals surface area contributed by atoms with E-state index in [1.54, 1.807) is 27.1 Å². The number of hydrogen-bond donors (Lipinski definition) is 2. The second kappa shape index (κ2) is 18.5. The number of likely N-dealkylation sites (tertiary alicyclic amines) is 1. The minimum atomic E-state index is -2.79. The van der Waals surface area contributed by atoms with Crippen molar-refractivity contribution >= 4 is 51.6 Å². The minimum absolute atomic E-state index is 0.0325. The normalized spacial score (nSPS) is 23.6. The number of benzene rings is 1. The number of halogens is 2. The number of ether oxygens (including phenoxy) is 1. The number of carbonyl (C=O) groups is 3. The van der Waals surface area contributed by atoms with Gasteiger partial charge in [-0.2, -0.15) is 10.2 Å². The van der Waals surface area contributed by atoms with Crippen LogP contribution in [0.15, 0.2) is 47.7 Å². The van der Waals surface area contributed by atoms with E-state index in [4.69, 9.17) is 4.74 Å². The Labute approximate surface area is 380 Å². The van der Waals surface area contributed by atoms with Gasteiger partial charge in [0.15, 0.2) is 11.3 Å². The summed E-state index contributed by atoms with van der Waals surface area (Å²) in [6.45, 7) is 8.89. The zero-order chi connectivity index (χ0) is 45.6. The van der Waals surface area contributed by atoms with Crippen LogP contribution >= 0.6 is 0 Å². The quantitative estimate of drug-likeness (QED) is 0.201. The Balaban J connectivity index is 0.000000155. The molecule has 4 aromatic heterocycles. The maximum absolute atomic E-state index is 13.7. The second-order valence-electron chi connectivity index (χ2n) is 18.9. The third-order valence-corrected chi connectivity index (χ3v) is 14.6. The van der Waals surface area contributed by atoms with Crippen LogP contribution in [-0.4, -0.2) is 139 Å². The van der Waals surface area contributed by atoms with Gasteiger partial charge in [-0.05, 0) is 82.8 Å². The summed E-state index contributed by atoms with van der Waals surface area (Å²) in [4.78, 5) is 64.6. The number of piperazine rings is 1. The molecule has 2 N–H and O–H groups in total. The molecule has 1 aliphatic carbocycles. The lowest BCUT2D eigenvalue weighted by Crippen LogP contribution is -2.48. The number of alkyl halides is 2. The zero-order valence-corrected chi connectivity index (χ0v) is 37.7. The fraction of sp³-hybridized carbons (Fsp3) is 0.587. The molecule has 66 heavy (non-hydrogen) atoms. The van der Waals surface area contributed by atoms with E-state index in [9.17, 15) is 28.0 Å². The summed E-state index contributed by atoms with van der Waals surface area (Å²) in [6.07, 6.45) is 11.3. The molecule has 2 bridgehead atoms. The smallest absolute Gasteiger partial charge is 0.329 e. The first-order valence-electron chi connectivity index (χ1n) is 23.6. The van der Waals surface area contributed by atoms with Crippen LogP contribution in [-0.2, 0) is 21.4 Å². The number of imidazole rings is 1. The van der Waals surface area contributed by atoms with E-state index in [0.717, 1.165) is 99.7 Å². The highest BCUT2D eigenvalue weighted by atomic mass is 19.3. The predicted octanol–water partition coefficient (Wildman–Crippen LogP) is 4.38. The maximum atomic E-state index is 13.7. The summed E-state index contributed by atoms with van der Waals surface area (Å²) in [7, 11) is 3.98. The second-order valence-corrected chi connectivity index (χ2v) is 18.9. The van der Waals surface area contributed by atoms with Crippen LogP contribution in [0.5, 0.6) is 0 Å². The van der Waals surface area contributed by atoms with Gasteiger partial charge in [-0.1, -0.05) is 25.3 Å². The van der Waals surface area contributed by atoms with Crippen molar-refractivity contribution in [3.63, 3.8) is 0 Å². The average molecular weight is 912 g/mol. The third-order valence-electron chi connectivity index (χ3n) is 14.6. The van der Waals surface area contributed by atoms with Crippen molar-refractivity contribution in [3.8, 4) is 0 Å². The van der Waals surface area contributed by atoms with Gasteiger partial charge in [0.25, 0.3) is 12.3 Å². The van der Waals surface area contributed by atoms with Gasteiger partial charge in [0.2, 0.25) is 11.8 Å². The van der Waals surface area contributed by atoms with Crippen molar-refractivity contribution in [1.29, 1.82) is 0 Å². The lowest BCUT2D eigenvalue weighted by atomic mass is 9.96. The molecule has 3 amide bonds. The first kappa shape index (κ1) is 44.1. The van der Waals surface area contributed by atoms with Crippen molar-refractivity contribution in [1.82, 2.24) is 48.6 Å². The molecule has 352 valence electrons. The largest absolute Gasteiger partial charge is 0.374 e. The number of aromatic nitrogens is 7. The Morgan fingerprint density at radius 3 is 2.45 bits per heavy atom. The Morgan fingerprint density at radius 2 is 1.74 bits per heavy atom. The molecule has 5 aliphatic heterocycles. The van der Waals surface area contributed by atoms with E-state index in [1.807, 2.05) is 18.2 Å². The van der Waals surface area contributed by atoms with Crippen LogP contribution in [0, 0.1) is 5.92 Å². The van der Waals surface area contributed by atoms with E-state index in [0.29, 0.717) is 18.7 Å². The molecular weight excluding hydrogens is 853 g/mol. The molecule has 6 fully saturated rings. The van der Waals surface area contributed by atoms with Gasteiger partial charge in [0.05, 0.1) is 53.4 Å². The molecular formula is C46H59F2N13O5. The molecule has 11 rings (SSSR count). The van der Waals surface area contributed by atoms with E-state index >= 15 is 0 Å². The van der Waals surface area contributed by atoms with Crippen LogP contribution in [0.4, 0.5) is 26.0 Å². The van der Waals surface area contributed by atoms with Gasteiger partial charge in [0, 0.05) is 65.1 Å². The molecule has 3 unspecified atom stereocenters. The predicted molar refractivity (Wildman–Crippen MR) is 243 cm³/mol. The molecule has 9 heterocycles. The maximum Gasteiger partial charge on any atom is 0.329 e. The van der Waals surface area contributed by atoms with Crippen molar-refractivity contribution in [2.45, 2.75) is 94.9 Å².